The summed E-state index contributed by atoms with van der Waals surface area (Å²) in [6, 6.07) is 15.5. The normalized spacial score (nSPS) is 12.0. The average molecular weight is 521 g/mol. The van der Waals surface area contributed by atoms with Gasteiger partial charge in [0.1, 0.15) is 0 Å². The molecule has 188 valence electrons. The van der Waals surface area contributed by atoms with E-state index in [4.69, 9.17) is 0 Å². The first-order valence-corrected chi connectivity index (χ1v) is 11.9. The van der Waals surface area contributed by atoms with E-state index in [0.29, 0.717) is 10.5 Å². The molecule has 1 aromatic heterocycles. The number of carbonyl (C=O) groups is 2. The summed E-state index contributed by atoms with van der Waals surface area (Å²) in [5, 5.41) is 4.51. The van der Waals surface area contributed by atoms with Gasteiger partial charge in [-0.1, -0.05) is 73.7 Å². The van der Waals surface area contributed by atoms with Crippen LogP contribution in [0.3, 0.4) is 0 Å². The van der Waals surface area contributed by atoms with Crippen LogP contribution in [0.2, 0.25) is 0 Å². The third-order valence-electron chi connectivity index (χ3n) is 5.13. The van der Waals surface area contributed by atoms with E-state index < -0.39 is 29.6 Å². The van der Waals surface area contributed by atoms with Gasteiger partial charge in [-0.15, -0.1) is 11.3 Å². The summed E-state index contributed by atoms with van der Waals surface area (Å²) < 4.78 is 40.6. The molecule has 3 aromatic rings. The van der Waals surface area contributed by atoms with Crippen LogP contribution in [0.4, 0.5) is 18.9 Å². The molecule has 0 saturated carbocycles. The summed E-state index contributed by atoms with van der Waals surface area (Å²) >= 11 is 1.20. The topological polar surface area (TPSA) is 49.4 Å². The summed E-state index contributed by atoms with van der Waals surface area (Å²) in [5.41, 5.74) is 0.134. The van der Waals surface area contributed by atoms with E-state index in [-0.39, 0.29) is 12.2 Å². The lowest BCUT2D eigenvalue weighted by molar-refractivity contribution is -0.137. The highest BCUT2D eigenvalue weighted by Gasteiger charge is 2.35. The van der Waals surface area contributed by atoms with Crippen molar-refractivity contribution >= 4 is 28.8 Å². The first-order chi connectivity index (χ1) is 17.7. The molecule has 4 nitrogen and oxygen atoms in total. The van der Waals surface area contributed by atoms with E-state index in [1.165, 1.54) is 41.7 Å². The number of halogens is 3. The number of carbonyl (C=O) groups excluding carboxylic acids is 2. The quantitative estimate of drug-likeness (QED) is 0.274. The van der Waals surface area contributed by atoms with Crippen molar-refractivity contribution in [3.8, 4) is 11.8 Å². The number of alkyl halides is 3. The highest BCUT2D eigenvalue weighted by molar-refractivity contribution is 7.10. The molecule has 1 N–H and O–H groups in total. The number of amides is 2. The molecule has 0 bridgehead atoms. The highest BCUT2D eigenvalue weighted by atomic mass is 32.1. The standard InChI is InChI=1S/C29H23F3N2O2S/c1-3-10-21(4-2)16-17-26(35)34(24-14-8-13-23(19-24)29(30,31)32)27(25-15-9-18-37-25)28(36)33-20-22-11-6-5-7-12-22/h3-15,18-19,27H,1-2,20H2,(H,33,36)/b21-10+. The van der Waals surface area contributed by atoms with Crippen LogP contribution in [0.5, 0.6) is 0 Å². The van der Waals surface area contributed by atoms with Crippen molar-refractivity contribution in [2.45, 2.75) is 18.8 Å². The maximum Gasteiger partial charge on any atom is 0.416 e. The van der Waals surface area contributed by atoms with Gasteiger partial charge >= 0.3 is 12.1 Å². The van der Waals surface area contributed by atoms with Gasteiger partial charge in [-0.2, -0.15) is 13.2 Å². The first kappa shape index (κ1) is 27.2. The number of hydrogen-bond donors (Lipinski definition) is 1. The molecule has 1 heterocycles. The Morgan fingerprint density at radius 3 is 2.41 bits per heavy atom. The van der Waals surface area contributed by atoms with Crippen LogP contribution >= 0.6 is 11.3 Å². The van der Waals surface area contributed by atoms with Crippen molar-refractivity contribution in [1.82, 2.24) is 5.32 Å². The van der Waals surface area contributed by atoms with Crippen molar-refractivity contribution in [3.63, 3.8) is 0 Å². The van der Waals surface area contributed by atoms with Crippen LogP contribution in [0.1, 0.15) is 22.0 Å². The number of anilines is 1. The monoisotopic (exact) mass is 520 g/mol. The van der Waals surface area contributed by atoms with Crippen LogP contribution in [0, 0.1) is 11.8 Å². The molecule has 0 aliphatic carbocycles. The molecular weight excluding hydrogens is 497 g/mol. The number of nitrogens with zero attached hydrogens (tertiary/aromatic N) is 1. The summed E-state index contributed by atoms with van der Waals surface area (Å²) in [6.45, 7) is 7.37. The van der Waals surface area contributed by atoms with Gasteiger partial charge in [-0.05, 0) is 41.3 Å². The predicted octanol–water partition coefficient (Wildman–Crippen LogP) is 6.46. The third kappa shape index (κ3) is 7.32. The Balaban J connectivity index is 2.10. The van der Waals surface area contributed by atoms with Gasteiger partial charge in [0, 0.05) is 28.6 Å². The molecule has 3 rings (SSSR count). The lowest BCUT2D eigenvalue weighted by Gasteiger charge is -2.29. The first-order valence-electron chi connectivity index (χ1n) is 11.1. The van der Waals surface area contributed by atoms with Gasteiger partial charge in [0.05, 0.1) is 5.56 Å². The fraction of sp³-hybridized carbons (Fsp3) is 0.103. The number of benzene rings is 2. The van der Waals surface area contributed by atoms with E-state index in [2.05, 4.69) is 30.3 Å². The fourth-order valence-corrected chi connectivity index (χ4v) is 4.20. The molecule has 2 aromatic carbocycles. The SMILES string of the molecule is C=C/C=C(/C#CC(=O)N(c1cccc(C(F)(F)F)c1)C(C(=O)NCc1ccccc1)c1cccs1)C=C. The lowest BCUT2D eigenvalue weighted by atomic mass is 10.1. The minimum atomic E-state index is -4.65. The maximum absolute atomic E-state index is 13.5. The lowest BCUT2D eigenvalue weighted by Crippen LogP contribution is -2.43. The Morgan fingerprint density at radius 2 is 1.78 bits per heavy atom. The molecule has 1 unspecified atom stereocenters. The molecule has 0 spiro atoms. The molecule has 0 radical (unpaired) electrons. The van der Waals surface area contributed by atoms with E-state index >= 15 is 0 Å². The number of nitrogens with one attached hydrogen (secondary N) is 1. The Morgan fingerprint density at radius 1 is 1.03 bits per heavy atom. The van der Waals surface area contributed by atoms with Crippen LogP contribution in [-0.2, 0) is 22.3 Å². The van der Waals surface area contributed by atoms with Gasteiger partial charge in [0.15, 0.2) is 6.04 Å². The molecule has 0 saturated heterocycles. The van der Waals surface area contributed by atoms with Gasteiger partial charge in [-0.3, -0.25) is 14.5 Å². The van der Waals surface area contributed by atoms with Crippen molar-refractivity contribution in [2.24, 2.45) is 0 Å². The largest absolute Gasteiger partial charge is 0.416 e. The maximum atomic E-state index is 13.5. The van der Waals surface area contributed by atoms with Gasteiger partial charge in [0.2, 0.25) is 5.91 Å². The second-order valence-electron chi connectivity index (χ2n) is 7.66. The molecule has 1 atom stereocenters. The molecule has 8 heteroatoms. The minimum absolute atomic E-state index is 0.116. The van der Waals surface area contributed by atoms with E-state index in [9.17, 15) is 22.8 Å². The molecular formula is C29H23F3N2O2S. The third-order valence-corrected chi connectivity index (χ3v) is 6.06. The Hall–Kier alpha value is -4.35. The molecule has 37 heavy (non-hydrogen) atoms. The molecule has 0 aliphatic heterocycles. The summed E-state index contributed by atoms with van der Waals surface area (Å²) in [7, 11) is 0. The number of hydrogen-bond acceptors (Lipinski definition) is 3. The smallest absolute Gasteiger partial charge is 0.350 e. The fourth-order valence-electron chi connectivity index (χ4n) is 3.39. The van der Waals surface area contributed by atoms with Crippen molar-refractivity contribution in [3.05, 3.63) is 125 Å². The van der Waals surface area contributed by atoms with E-state index in [0.717, 1.165) is 22.6 Å². The molecule has 2 amide bonds. The zero-order valence-corrected chi connectivity index (χ0v) is 20.5. The van der Waals surface area contributed by atoms with Crippen LogP contribution in [0.25, 0.3) is 0 Å². The van der Waals surface area contributed by atoms with Crippen molar-refractivity contribution < 1.29 is 22.8 Å². The Kier molecular flexibility index (Phi) is 9.25. The van der Waals surface area contributed by atoms with Crippen molar-refractivity contribution in [1.29, 1.82) is 0 Å². The van der Waals surface area contributed by atoms with Crippen LogP contribution in [-0.4, -0.2) is 11.8 Å². The Labute approximate surface area is 217 Å². The second kappa shape index (κ2) is 12.6. The minimum Gasteiger partial charge on any atom is -0.350 e. The summed E-state index contributed by atoms with van der Waals surface area (Å²) in [6.07, 6.45) is -0.232. The van der Waals surface area contributed by atoms with Gasteiger partial charge in [0.25, 0.3) is 0 Å². The van der Waals surface area contributed by atoms with Gasteiger partial charge in [-0.25, -0.2) is 0 Å². The number of allylic oxidation sites excluding steroid dienone is 4. The zero-order chi connectivity index (χ0) is 26.8. The second-order valence-corrected chi connectivity index (χ2v) is 8.64. The zero-order valence-electron chi connectivity index (χ0n) is 19.7. The van der Waals surface area contributed by atoms with E-state index in [1.807, 2.05) is 30.3 Å². The predicted molar refractivity (Wildman–Crippen MR) is 141 cm³/mol. The van der Waals surface area contributed by atoms with Gasteiger partial charge < -0.3 is 5.32 Å². The van der Waals surface area contributed by atoms with Crippen molar-refractivity contribution in [2.75, 3.05) is 4.90 Å². The summed E-state index contributed by atoms with van der Waals surface area (Å²) in [5.74, 6) is 3.66. The van der Waals surface area contributed by atoms with E-state index in [1.54, 1.807) is 17.5 Å². The Bertz CT molecular complexity index is 1350. The number of rotatable bonds is 8. The molecule has 0 fully saturated rings. The number of thiophene rings is 1. The summed E-state index contributed by atoms with van der Waals surface area (Å²) in [4.78, 5) is 28.4. The molecule has 0 aliphatic rings. The highest BCUT2D eigenvalue weighted by Crippen LogP contribution is 2.35. The average Bonchev–Trinajstić information content (AvgIpc) is 3.42. The van der Waals surface area contributed by atoms with Crippen LogP contribution in [0.15, 0.2) is 109 Å². The van der Waals surface area contributed by atoms with Crippen LogP contribution < -0.4 is 10.2 Å².